The Morgan fingerprint density at radius 1 is 1.03 bits per heavy atom. The second kappa shape index (κ2) is 8.37. The Balaban J connectivity index is 1.58. The Bertz CT molecular complexity index is 1000. The molecule has 0 atom stereocenters. The molecule has 0 aliphatic carbocycles. The maximum Gasteiger partial charge on any atom is 0.328 e. The van der Waals surface area contributed by atoms with Crippen LogP contribution in [0.15, 0.2) is 48.5 Å². The summed E-state index contributed by atoms with van der Waals surface area (Å²) in [6, 6.07) is 16.1. The summed E-state index contributed by atoms with van der Waals surface area (Å²) in [5, 5.41) is 8.87. The first kappa shape index (κ1) is 21.1. The molecule has 7 nitrogen and oxygen atoms in total. The highest BCUT2D eigenvalue weighted by molar-refractivity contribution is 6.08. The number of ether oxygens (including phenoxy) is 1. The van der Waals surface area contributed by atoms with Crippen molar-refractivity contribution in [1.82, 2.24) is 9.80 Å². The van der Waals surface area contributed by atoms with Gasteiger partial charge < -0.3 is 9.64 Å². The standard InChI is InChI=1S/C23H23N3O4/c1-4-26-22(29)25(21(28)23(26,2)3)14-19(27)15-30-20-11-9-18(10-12-20)17-7-5-16(13-24)6-8-17/h5-12H,4,14-15H2,1-3H3. The van der Waals surface area contributed by atoms with Crippen molar-refractivity contribution in [1.29, 1.82) is 5.26 Å². The summed E-state index contributed by atoms with van der Waals surface area (Å²) in [5.74, 6) is -0.230. The van der Waals surface area contributed by atoms with Gasteiger partial charge in [-0.2, -0.15) is 5.26 Å². The molecule has 154 valence electrons. The Hall–Kier alpha value is -3.66. The average molecular weight is 405 g/mol. The van der Waals surface area contributed by atoms with E-state index in [1.807, 2.05) is 24.3 Å². The van der Waals surface area contributed by atoms with Crippen molar-refractivity contribution < 1.29 is 19.1 Å². The van der Waals surface area contributed by atoms with Crippen LogP contribution in [0.3, 0.4) is 0 Å². The van der Waals surface area contributed by atoms with Gasteiger partial charge in [0.25, 0.3) is 5.91 Å². The lowest BCUT2D eigenvalue weighted by molar-refractivity contribution is -0.135. The number of benzene rings is 2. The molecule has 0 spiro atoms. The van der Waals surface area contributed by atoms with Gasteiger partial charge in [0.2, 0.25) is 0 Å². The molecule has 0 radical (unpaired) electrons. The van der Waals surface area contributed by atoms with Crippen molar-refractivity contribution >= 4 is 17.7 Å². The average Bonchev–Trinajstić information content (AvgIpc) is 2.91. The molecule has 30 heavy (non-hydrogen) atoms. The van der Waals surface area contributed by atoms with Crippen LogP contribution in [-0.2, 0) is 9.59 Å². The number of ketones is 1. The van der Waals surface area contributed by atoms with E-state index in [9.17, 15) is 14.4 Å². The number of amides is 3. The summed E-state index contributed by atoms with van der Waals surface area (Å²) in [4.78, 5) is 39.6. The van der Waals surface area contributed by atoms with Crippen LogP contribution in [0.1, 0.15) is 26.3 Å². The number of carbonyl (C=O) groups is 3. The largest absolute Gasteiger partial charge is 0.486 e. The van der Waals surface area contributed by atoms with Gasteiger partial charge in [0.1, 0.15) is 17.9 Å². The number of hydrogen-bond acceptors (Lipinski definition) is 5. The summed E-state index contributed by atoms with van der Waals surface area (Å²) < 4.78 is 5.53. The highest BCUT2D eigenvalue weighted by Crippen LogP contribution is 2.27. The van der Waals surface area contributed by atoms with Crippen molar-refractivity contribution in [2.75, 3.05) is 19.7 Å². The molecule has 0 N–H and O–H groups in total. The number of rotatable bonds is 7. The number of likely N-dealkylation sites (N-methyl/N-ethyl adjacent to an activating group) is 1. The zero-order valence-electron chi connectivity index (χ0n) is 17.2. The maximum absolute atomic E-state index is 12.5. The fraction of sp³-hybridized carbons (Fsp3) is 0.304. The van der Waals surface area contributed by atoms with E-state index in [0.29, 0.717) is 17.9 Å². The van der Waals surface area contributed by atoms with Gasteiger partial charge in [-0.3, -0.25) is 14.5 Å². The third-order valence-corrected chi connectivity index (χ3v) is 5.16. The maximum atomic E-state index is 12.5. The molecule has 2 aromatic carbocycles. The van der Waals surface area contributed by atoms with E-state index < -0.39 is 11.6 Å². The van der Waals surface area contributed by atoms with E-state index in [1.165, 1.54) is 4.90 Å². The molecule has 0 aromatic heterocycles. The minimum Gasteiger partial charge on any atom is -0.486 e. The van der Waals surface area contributed by atoms with Crippen molar-refractivity contribution in [3.63, 3.8) is 0 Å². The van der Waals surface area contributed by atoms with Crippen LogP contribution in [0.25, 0.3) is 11.1 Å². The number of hydrogen-bond donors (Lipinski definition) is 0. The highest BCUT2D eigenvalue weighted by Gasteiger charge is 2.50. The van der Waals surface area contributed by atoms with Crippen molar-refractivity contribution in [2.24, 2.45) is 0 Å². The molecular weight excluding hydrogens is 382 g/mol. The lowest BCUT2D eigenvalue weighted by Crippen LogP contribution is -2.44. The molecule has 1 aliphatic rings. The normalized spacial score (nSPS) is 15.3. The first-order chi connectivity index (χ1) is 14.3. The monoisotopic (exact) mass is 405 g/mol. The van der Waals surface area contributed by atoms with Gasteiger partial charge in [-0.25, -0.2) is 4.79 Å². The van der Waals surface area contributed by atoms with Crippen molar-refractivity contribution in [3.05, 3.63) is 54.1 Å². The Morgan fingerprint density at radius 2 is 1.60 bits per heavy atom. The van der Waals surface area contributed by atoms with Crippen molar-refractivity contribution in [3.8, 4) is 22.9 Å². The molecule has 0 unspecified atom stereocenters. The number of nitrogens with zero attached hydrogens (tertiary/aromatic N) is 3. The number of carbonyl (C=O) groups excluding carboxylic acids is 3. The quantitative estimate of drug-likeness (QED) is 0.660. The van der Waals surface area contributed by atoms with Crippen LogP contribution in [0.5, 0.6) is 5.75 Å². The third kappa shape index (κ3) is 4.03. The molecule has 7 heteroatoms. The van der Waals surface area contributed by atoms with E-state index in [0.717, 1.165) is 16.0 Å². The Labute approximate surface area is 175 Å². The number of nitriles is 1. The van der Waals surface area contributed by atoms with Gasteiger partial charge in [0.05, 0.1) is 18.2 Å². The fourth-order valence-electron chi connectivity index (χ4n) is 3.45. The molecular formula is C23H23N3O4. The topological polar surface area (TPSA) is 90.7 Å². The first-order valence-corrected chi connectivity index (χ1v) is 9.66. The van der Waals surface area contributed by atoms with Crippen molar-refractivity contribution in [2.45, 2.75) is 26.3 Å². The molecule has 1 aliphatic heterocycles. The van der Waals surface area contributed by atoms with Crippen LogP contribution in [0.2, 0.25) is 0 Å². The number of urea groups is 1. The second-order valence-electron chi connectivity index (χ2n) is 7.52. The molecule has 2 aromatic rings. The van der Waals surface area contributed by atoms with Crippen LogP contribution < -0.4 is 4.74 Å². The molecule has 3 rings (SSSR count). The molecule has 1 heterocycles. The Kier molecular flexibility index (Phi) is 5.88. The lowest BCUT2D eigenvalue weighted by Gasteiger charge is -2.25. The fourth-order valence-corrected chi connectivity index (χ4v) is 3.45. The minimum atomic E-state index is -0.950. The zero-order chi connectivity index (χ0) is 21.9. The van der Waals surface area contributed by atoms with Crippen LogP contribution in [-0.4, -0.2) is 52.8 Å². The van der Waals surface area contributed by atoms with E-state index in [-0.39, 0.29) is 24.8 Å². The van der Waals surface area contributed by atoms with Crippen LogP contribution in [0.4, 0.5) is 4.79 Å². The van der Waals surface area contributed by atoms with E-state index in [2.05, 4.69) is 6.07 Å². The van der Waals surface area contributed by atoms with E-state index >= 15 is 0 Å². The molecule has 0 bridgehead atoms. The molecule has 1 saturated heterocycles. The van der Waals surface area contributed by atoms with E-state index in [1.54, 1.807) is 45.0 Å². The van der Waals surface area contributed by atoms with Gasteiger partial charge in [-0.1, -0.05) is 24.3 Å². The second-order valence-corrected chi connectivity index (χ2v) is 7.52. The third-order valence-electron chi connectivity index (χ3n) is 5.16. The smallest absolute Gasteiger partial charge is 0.328 e. The highest BCUT2D eigenvalue weighted by atomic mass is 16.5. The van der Waals surface area contributed by atoms with Gasteiger partial charge in [0, 0.05) is 6.54 Å². The minimum absolute atomic E-state index is 0.236. The summed E-state index contributed by atoms with van der Waals surface area (Å²) in [7, 11) is 0. The number of imide groups is 1. The first-order valence-electron chi connectivity index (χ1n) is 9.66. The molecule has 1 fully saturated rings. The number of Topliss-reactive ketones (excluding diaryl/α,β-unsaturated/α-hetero) is 1. The Morgan fingerprint density at radius 3 is 2.10 bits per heavy atom. The summed E-state index contributed by atoms with van der Waals surface area (Å²) in [5.41, 5.74) is 1.56. The molecule has 3 amide bonds. The molecule has 0 saturated carbocycles. The lowest BCUT2D eigenvalue weighted by atomic mass is 10.0. The van der Waals surface area contributed by atoms with Gasteiger partial charge >= 0.3 is 6.03 Å². The van der Waals surface area contributed by atoms with Gasteiger partial charge in [-0.15, -0.1) is 0 Å². The summed E-state index contributed by atoms with van der Waals surface area (Å²) in [6.45, 7) is 4.99. The predicted octanol–water partition coefficient (Wildman–Crippen LogP) is 3.24. The van der Waals surface area contributed by atoms with Gasteiger partial charge in [0.15, 0.2) is 5.78 Å². The zero-order valence-corrected chi connectivity index (χ0v) is 17.2. The van der Waals surface area contributed by atoms with Gasteiger partial charge in [-0.05, 0) is 56.2 Å². The SMILES string of the molecule is CCN1C(=O)N(CC(=O)COc2ccc(-c3ccc(C#N)cc3)cc2)C(=O)C1(C)C. The predicted molar refractivity (Wildman–Crippen MR) is 111 cm³/mol. The summed E-state index contributed by atoms with van der Waals surface area (Å²) >= 11 is 0. The van der Waals surface area contributed by atoms with Crippen LogP contribution >= 0.6 is 0 Å². The van der Waals surface area contributed by atoms with E-state index in [4.69, 9.17) is 10.00 Å². The summed E-state index contributed by atoms with van der Waals surface area (Å²) in [6.07, 6.45) is 0. The van der Waals surface area contributed by atoms with Crippen LogP contribution in [0, 0.1) is 11.3 Å².